The summed E-state index contributed by atoms with van der Waals surface area (Å²) in [5, 5.41) is 14.5. The van der Waals surface area contributed by atoms with Gasteiger partial charge >= 0.3 is 12.1 Å². The number of carboxylic acids is 1. The Labute approximate surface area is 208 Å². The van der Waals surface area contributed by atoms with Crippen LogP contribution < -0.4 is 10.6 Å². The first kappa shape index (κ1) is 24.3. The van der Waals surface area contributed by atoms with Crippen LogP contribution in [0.2, 0.25) is 5.02 Å². The number of aliphatic carboxylic acids is 1. The third kappa shape index (κ3) is 5.46. The lowest BCUT2D eigenvalue weighted by Gasteiger charge is -2.15. The van der Waals surface area contributed by atoms with Crippen LogP contribution >= 0.6 is 11.6 Å². The molecule has 3 aromatic rings. The molecule has 3 N–H and O–H groups in total. The van der Waals surface area contributed by atoms with Crippen LogP contribution in [0.4, 0.5) is 10.5 Å². The van der Waals surface area contributed by atoms with Crippen molar-refractivity contribution in [3.8, 4) is 11.1 Å². The van der Waals surface area contributed by atoms with E-state index in [-0.39, 0.29) is 35.3 Å². The molecule has 1 aliphatic rings. The molecule has 0 aliphatic heterocycles. The highest BCUT2D eigenvalue weighted by molar-refractivity contribution is 6.33. The van der Waals surface area contributed by atoms with Crippen LogP contribution in [0.3, 0.4) is 0 Å². The Bertz CT molecular complexity index is 1230. The lowest BCUT2D eigenvalue weighted by molar-refractivity contribution is -0.141. The summed E-state index contributed by atoms with van der Waals surface area (Å²) in [5.74, 6) is -1.95. The van der Waals surface area contributed by atoms with Gasteiger partial charge < -0.3 is 15.2 Å². The molecule has 35 heavy (non-hydrogen) atoms. The number of ether oxygens (including phenoxy) is 1. The van der Waals surface area contributed by atoms with Crippen molar-refractivity contribution in [3.63, 3.8) is 0 Å². The molecule has 0 heterocycles. The SMILES string of the molecule is CC(CCNC(=O)c1ccc(Cl)c(NC(=O)OCC2c3ccccc3-c3ccccc32)c1)C(=O)O. The molecule has 2 amide bonds. The Morgan fingerprint density at radius 2 is 1.63 bits per heavy atom. The van der Waals surface area contributed by atoms with E-state index in [2.05, 4.69) is 22.8 Å². The summed E-state index contributed by atoms with van der Waals surface area (Å²) in [4.78, 5) is 35.9. The van der Waals surface area contributed by atoms with E-state index >= 15 is 0 Å². The molecule has 0 bridgehead atoms. The fourth-order valence-corrected chi connectivity index (χ4v) is 4.30. The summed E-state index contributed by atoms with van der Waals surface area (Å²) in [7, 11) is 0. The maximum Gasteiger partial charge on any atom is 0.411 e. The third-order valence-corrected chi connectivity index (χ3v) is 6.42. The van der Waals surface area contributed by atoms with Crippen LogP contribution in [0.5, 0.6) is 0 Å². The number of fused-ring (bicyclic) bond motifs is 3. The average Bonchev–Trinajstić information content (AvgIpc) is 3.17. The van der Waals surface area contributed by atoms with E-state index in [0.717, 1.165) is 22.3 Å². The summed E-state index contributed by atoms with van der Waals surface area (Å²) < 4.78 is 5.55. The minimum Gasteiger partial charge on any atom is -0.481 e. The van der Waals surface area contributed by atoms with Gasteiger partial charge in [0.2, 0.25) is 0 Å². The van der Waals surface area contributed by atoms with Gasteiger partial charge in [-0.25, -0.2) is 4.79 Å². The van der Waals surface area contributed by atoms with E-state index in [0.29, 0.717) is 6.42 Å². The summed E-state index contributed by atoms with van der Waals surface area (Å²) in [6, 6.07) is 20.6. The first-order chi connectivity index (χ1) is 16.8. The molecule has 3 aromatic carbocycles. The average molecular weight is 493 g/mol. The molecule has 0 fully saturated rings. The molecule has 1 aliphatic carbocycles. The zero-order valence-corrected chi connectivity index (χ0v) is 19.8. The van der Waals surface area contributed by atoms with Crippen molar-refractivity contribution in [3.05, 3.63) is 88.4 Å². The van der Waals surface area contributed by atoms with Crippen LogP contribution in [0, 0.1) is 5.92 Å². The highest BCUT2D eigenvalue weighted by atomic mass is 35.5. The van der Waals surface area contributed by atoms with Crippen molar-refractivity contribution < 1.29 is 24.2 Å². The molecule has 0 saturated heterocycles. The molecule has 1 atom stereocenters. The van der Waals surface area contributed by atoms with Crippen molar-refractivity contribution in [2.75, 3.05) is 18.5 Å². The molecule has 7 nitrogen and oxygen atoms in total. The summed E-state index contributed by atoms with van der Waals surface area (Å²) in [5.41, 5.74) is 5.01. The van der Waals surface area contributed by atoms with Gasteiger partial charge in [0.15, 0.2) is 0 Å². The minimum absolute atomic E-state index is 0.0751. The second-order valence-electron chi connectivity index (χ2n) is 8.43. The number of benzene rings is 3. The Hall–Kier alpha value is -3.84. The van der Waals surface area contributed by atoms with E-state index in [1.807, 2.05) is 36.4 Å². The van der Waals surface area contributed by atoms with Crippen molar-refractivity contribution >= 4 is 35.3 Å². The molecule has 0 aromatic heterocycles. The zero-order valence-electron chi connectivity index (χ0n) is 19.1. The van der Waals surface area contributed by atoms with Crippen molar-refractivity contribution in [2.45, 2.75) is 19.3 Å². The molecule has 0 radical (unpaired) electrons. The van der Waals surface area contributed by atoms with Gasteiger partial charge in [0.05, 0.1) is 16.6 Å². The molecule has 1 unspecified atom stereocenters. The highest BCUT2D eigenvalue weighted by Gasteiger charge is 2.29. The van der Waals surface area contributed by atoms with Gasteiger partial charge in [0.25, 0.3) is 5.91 Å². The molecular weight excluding hydrogens is 468 g/mol. The Morgan fingerprint density at radius 1 is 1.00 bits per heavy atom. The van der Waals surface area contributed by atoms with Crippen LogP contribution in [0.1, 0.15) is 40.7 Å². The minimum atomic E-state index is -0.916. The Morgan fingerprint density at radius 3 is 2.26 bits per heavy atom. The third-order valence-electron chi connectivity index (χ3n) is 6.09. The van der Waals surface area contributed by atoms with Gasteiger partial charge in [-0.05, 0) is 46.9 Å². The quantitative estimate of drug-likeness (QED) is 0.383. The first-order valence-electron chi connectivity index (χ1n) is 11.3. The lowest BCUT2D eigenvalue weighted by atomic mass is 9.98. The van der Waals surface area contributed by atoms with Crippen molar-refractivity contribution in [1.29, 1.82) is 0 Å². The van der Waals surface area contributed by atoms with Crippen LogP contribution in [-0.2, 0) is 9.53 Å². The normalized spacial score (nSPS) is 12.9. The molecule has 0 spiro atoms. The Kier molecular flexibility index (Phi) is 7.36. The fraction of sp³-hybridized carbons (Fsp3) is 0.222. The van der Waals surface area contributed by atoms with Crippen LogP contribution in [0.15, 0.2) is 66.7 Å². The Balaban J connectivity index is 1.38. The number of anilines is 1. The van der Waals surface area contributed by atoms with E-state index in [4.69, 9.17) is 21.4 Å². The lowest BCUT2D eigenvalue weighted by Crippen LogP contribution is -2.27. The van der Waals surface area contributed by atoms with Crippen LogP contribution in [0.25, 0.3) is 11.1 Å². The predicted octanol–water partition coefficient (Wildman–Crippen LogP) is 5.54. The number of carbonyl (C=O) groups excluding carboxylic acids is 2. The number of hydrogen-bond acceptors (Lipinski definition) is 4. The summed E-state index contributed by atoms with van der Waals surface area (Å²) in [6.45, 7) is 1.94. The molecule has 0 saturated carbocycles. The standard InChI is InChI=1S/C27H25ClN2O5/c1-16(26(32)33)12-13-29-25(31)17-10-11-23(28)24(14-17)30-27(34)35-15-22-20-8-4-2-6-18(20)19-7-3-5-9-21(19)22/h2-11,14,16,22H,12-13,15H2,1H3,(H,29,31)(H,30,34)(H,32,33). The van der Waals surface area contributed by atoms with Gasteiger partial charge in [-0.1, -0.05) is 67.1 Å². The van der Waals surface area contributed by atoms with Crippen molar-refractivity contribution in [1.82, 2.24) is 5.32 Å². The molecular formula is C27H25ClN2O5. The number of amides is 2. The number of nitrogens with one attached hydrogen (secondary N) is 2. The maximum atomic E-state index is 12.6. The monoisotopic (exact) mass is 492 g/mol. The largest absolute Gasteiger partial charge is 0.481 e. The van der Waals surface area contributed by atoms with Gasteiger partial charge in [-0.3, -0.25) is 14.9 Å². The van der Waals surface area contributed by atoms with Gasteiger partial charge in [0.1, 0.15) is 6.61 Å². The molecule has 4 rings (SSSR count). The smallest absolute Gasteiger partial charge is 0.411 e. The van der Waals surface area contributed by atoms with Gasteiger partial charge in [-0.2, -0.15) is 0 Å². The number of carbonyl (C=O) groups is 3. The summed E-state index contributed by atoms with van der Waals surface area (Å²) >= 11 is 6.22. The first-order valence-corrected chi connectivity index (χ1v) is 11.7. The van der Waals surface area contributed by atoms with E-state index in [1.54, 1.807) is 6.92 Å². The molecule has 8 heteroatoms. The number of rotatable bonds is 8. The fourth-order valence-electron chi connectivity index (χ4n) is 4.13. The topological polar surface area (TPSA) is 105 Å². The predicted molar refractivity (Wildman–Crippen MR) is 134 cm³/mol. The zero-order chi connectivity index (χ0) is 24.9. The van der Waals surface area contributed by atoms with Crippen molar-refractivity contribution in [2.24, 2.45) is 5.92 Å². The van der Waals surface area contributed by atoms with E-state index < -0.39 is 23.9 Å². The maximum absolute atomic E-state index is 12.6. The van der Waals surface area contributed by atoms with E-state index in [9.17, 15) is 14.4 Å². The number of halogens is 1. The summed E-state index contributed by atoms with van der Waals surface area (Å²) in [6.07, 6.45) is -0.374. The van der Waals surface area contributed by atoms with Gasteiger partial charge in [-0.15, -0.1) is 0 Å². The van der Waals surface area contributed by atoms with Crippen LogP contribution in [-0.4, -0.2) is 36.2 Å². The second-order valence-corrected chi connectivity index (χ2v) is 8.84. The molecule has 180 valence electrons. The highest BCUT2D eigenvalue weighted by Crippen LogP contribution is 2.44. The van der Waals surface area contributed by atoms with E-state index in [1.165, 1.54) is 18.2 Å². The number of hydrogen-bond donors (Lipinski definition) is 3. The number of carboxylic acid groups (broad SMARTS) is 1. The van der Waals surface area contributed by atoms with Gasteiger partial charge in [0, 0.05) is 18.0 Å². The second kappa shape index (κ2) is 10.6.